The number of hydrogen-bond donors (Lipinski definition) is 1. The quantitative estimate of drug-likeness (QED) is 0.0278. The van der Waals surface area contributed by atoms with E-state index in [1.807, 2.05) is 0 Å². The zero-order chi connectivity index (χ0) is 70.2. The molecule has 0 saturated heterocycles. The van der Waals surface area contributed by atoms with Crippen LogP contribution in [0.4, 0.5) is 0 Å². The molecule has 0 bridgehead atoms. The van der Waals surface area contributed by atoms with Crippen molar-refractivity contribution in [2.24, 2.45) is 0 Å². The Bertz CT molecular complexity index is 1540. The van der Waals surface area contributed by atoms with E-state index >= 15 is 0 Å². The van der Waals surface area contributed by atoms with E-state index in [9.17, 15) is 19.0 Å². The maximum absolute atomic E-state index is 13.6. The fourth-order valence-corrected chi connectivity index (χ4v) is 15.1. The topological polar surface area (TPSA) is 108 Å². The summed E-state index contributed by atoms with van der Waals surface area (Å²) in [6.45, 7) is 10.1. The number of allylic oxidation sites excluding steroid dienone is 2. The smallest absolute Gasteiger partial charge is 0.466 e. The van der Waals surface area contributed by atoms with E-state index in [0.29, 0.717) is 38.9 Å². The molecule has 0 rings (SSSR count). The molecular formula is C88H171O8P. The van der Waals surface area contributed by atoms with Crippen molar-refractivity contribution >= 4 is 19.8 Å². The molecular weight excluding hydrogens is 1220 g/mol. The van der Waals surface area contributed by atoms with E-state index < -0.39 is 7.82 Å². The van der Waals surface area contributed by atoms with Gasteiger partial charge in [0.25, 0.3) is 0 Å². The van der Waals surface area contributed by atoms with E-state index in [0.717, 1.165) is 167 Å². The van der Waals surface area contributed by atoms with E-state index in [1.165, 1.54) is 283 Å². The van der Waals surface area contributed by atoms with Crippen LogP contribution in [0.5, 0.6) is 0 Å². The number of carbonyl (C=O) groups excluding carboxylic acids is 2. The molecule has 0 aromatic rings. The molecule has 2 unspecified atom stereocenters. The van der Waals surface area contributed by atoms with Gasteiger partial charge in [-0.2, -0.15) is 0 Å². The maximum Gasteiger partial charge on any atom is 0.472 e. The number of rotatable bonds is 84. The highest BCUT2D eigenvalue weighted by Crippen LogP contribution is 2.48. The molecule has 0 aromatic carbocycles. The first-order valence-electron chi connectivity index (χ1n) is 44.1. The summed E-state index contributed by atoms with van der Waals surface area (Å²) in [4.78, 5) is 35.9. The van der Waals surface area contributed by atoms with Crippen molar-refractivity contribution in [1.29, 1.82) is 0 Å². The molecule has 0 radical (unpaired) electrons. The zero-order valence-electron chi connectivity index (χ0n) is 66.0. The first-order valence-corrected chi connectivity index (χ1v) is 45.6. The summed E-state index contributed by atoms with van der Waals surface area (Å²) in [6, 6.07) is 0. The lowest BCUT2D eigenvalue weighted by Crippen LogP contribution is -2.16. The first kappa shape index (κ1) is 95.5. The van der Waals surface area contributed by atoms with E-state index in [2.05, 4.69) is 52.0 Å². The lowest BCUT2D eigenvalue weighted by atomic mass is 10.0. The molecule has 0 aromatic heterocycles. The fourth-order valence-electron chi connectivity index (χ4n) is 13.9. The van der Waals surface area contributed by atoms with Crippen LogP contribution in [0.1, 0.15) is 503 Å². The van der Waals surface area contributed by atoms with Crippen molar-refractivity contribution in [2.75, 3.05) is 13.2 Å². The standard InChI is InChI=1S/C88H171O8P/c1-5-9-13-17-19-21-23-25-27-29-31-33-35-37-39-41-43-45-47-49-55-61-67-75-83-93-87(89)81-73-65-59-53-51-57-63-71-79-85(77-69-15-11-7-3)95-97(91,92)96-86(78-70-16-12-8-4)80-72-64-58-52-54-60-66-74-82-88(90)94-84-76-68-62-56-50-48-46-44-42-40-38-36-34-32-30-28-26-24-22-20-18-14-10-6-2/h63-64,71-72,85-86H,5-62,65-70,73-84H2,1-4H3,(H,91,92)/b71-63-,72-64-/t85-,86?/m1/s1. The van der Waals surface area contributed by atoms with Crippen LogP contribution < -0.4 is 0 Å². The Morgan fingerprint density at radius 2 is 0.464 bits per heavy atom. The summed E-state index contributed by atoms with van der Waals surface area (Å²) in [6.07, 6.45) is 99.4. The third-order valence-corrected chi connectivity index (χ3v) is 21.6. The minimum Gasteiger partial charge on any atom is -0.466 e. The lowest BCUT2D eigenvalue weighted by molar-refractivity contribution is -0.144. The highest BCUT2D eigenvalue weighted by molar-refractivity contribution is 7.47. The molecule has 3 atom stereocenters. The van der Waals surface area contributed by atoms with Crippen LogP contribution in [0.15, 0.2) is 24.3 Å². The fraction of sp³-hybridized carbons (Fsp3) is 0.932. The van der Waals surface area contributed by atoms with Gasteiger partial charge in [0.2, 0.25) is 0 Å². The Hall–Kier alpha value is -1.47. The molecule has 0 saturated carbocycles. The minimum absolute atomic E-state index is 0.0390. The molecule has 0 fully saturated rings. The maximum atomic E-state index is 13.6. The van der Waals surface area contributed by atoms with Crippen LogP contribution in [0.2, 0.25) is 0 Å². The normalized spacial score (nSPS) is 13.2. The van der Waals surface area contributed by atoms with Gasteiger partial charge in [-0.25, -0.2) is 4.57 Å². The minimum atomic E-state index is -4.27. The van der Waals surface area contributed by atoms with Gasteiger partial charge in [-0.3, -0.25) is 18.6 Å². The number of ether oxygens (including phenoxy) is 2. The van der Waals surface area contributed by atoms with Gasteiger partial charge in [-0.15, -0.1) is 0 Å². The summed E-state index contributed by atoms with van der Waals surface area (Å²) in [7, 11) is -4.27. The number of phosphoric ester groups is 1. The van der Waals surface area contributed by atoms with Gasteiger partial charge in [0.05, 0.1) is 25.4 Å². The highest BCUT2D eigenvalue weighted by Gasteiger charge is 2.29. The number of hydrogen-bond acceptors (Lipinski definition) is 7. The summed E-state index contributed by atoms with van der Waals surface area (Å²) in [5.74, 6) is -0.0780. The van der Waals surface area contributed by atoms with Gasteiger partial charge in [0, 0.05) is 12.8 Å². The first-order chi connectivity index (χ1) is 47.8. The zero-order valence-corrected chi connectivity index (χ0v) is 66.9. The molecule has 8 nitrogen and oxygen atoms in total. The van der Waals surface area contributed by atoms with Gasteiger partial charge >= 0.3 is 19.8 Å². The Morgan fingerprint density at radius 3 is 0.701 bits per heavy atom. The van der Waals surface area contributed by atoms with Crippen molar-refractivity contribution in [3.8, 4) is 0 Å². The van der Waals surface area contributed by atoms with Gasteiger partial charge in [-0.1, -0.05) is 437 Å². The van der Waals surface area contributed by atoms with Crippen molar-refractivity contribution in [3.05, 3.63) is 24.3 Å². The second-order valence-electron chi connectivity index (χ2n) is 30.4. The number of esters is 2. The summed E-state index contributed by atoms with van der Waals surface area (Å²) >= 11 is 0. The molecule has 0 heterocycles. The largest absolute Gasteiger partial charge is 0.472 e. The number of unbranched alkanes of at least 4 members (excludes halogenated alkanes) is 62. The Balaban J connectivity index is 4.08. The van der Waals surface area contributed by atoms with Crippen LogP contribution in [-0.4, -0.2) is 42.3 Å². The van der Waals surface area contributed by atoms with Crippen LogP contribution in [0, 0.1) is 0 Å². The second-order valence-corrected chi connectivity index (χ2v) is 31.7. The molecule has 0 spiro atoms. The van der Waals surface area contributed by atoms with E-state index in [4.69, 9.17) is 18.5 Å². The third kappa shape index (κ3) is 80.1. The molecule has 97 heavy (non-hydrogen) atoms. The van der Waals surface area contributed by atoms with Crippen LogP contribution in [0.3, 0.4) is 0 Å². The lowest BCUT2D eigenvalue weighted by Gasteiger charge is -2.24. The summed E-state index contributed by atoms with van der Waals surface area (Å²) < 4.78 is 36.7. The molecule has 0 amide bonds. The van der Waals surface area contributed by atoms with E-state index in [1.54, 1.807) is 0 Å². The SMILES string of the molecule is CCCCCCCCCCCCCCCCCCCCCCCCCCOC(=O)CCCCCCC/C=C\CC(CCCCCC)OP(=O)(O)O[C@@H](C/C=C\CCCCCCCC(=O)OCCCCCCCCCCCCCCCCCCCCCCCCCC)CCCCCC. The molecule has 0 aliphatic carbocycles. The average Bonchev–Trinajstić information content (AvgIpc) is 1.24. The molecule has 0 aliphatic rings. The van der Waals surface area contributed by atoms with Gasteiger partial charge < -0.3 is 14.4 Å². The molecule has 1 N–H and O–H groups in total. The predicted octanol–water partition coefficient (Wildman–Crippen LogP) is 31.0. The Morgan fingerprint density at radius 1 is 0.268 bits per heavy atom. The van der Waals surface area contributed by atoms with Crippen LogP contribution in [-0.2, 0) is 32.7 Å². The second kappa shape index (κ2) is 81.8. The Labute approximate surface area is 606 Å². The molecule has 576 valence electrons. The van der Waals surface area contributed by atoms with Crippen molar-refractivity contribution in [2.45, 2.75) is 515 Å². The molecule has 0 aliphatic heterocycles. The van der Waals surface area contributed by atoms with Crippen molar-refractivity contribution in [1.82, 2.24) is 0 Å². The number of carbonyl (C=O) groups is 2. The Kier molecular flexibility index (Phi) is 80.6. The summed E-state index contributed by atoms with van der Waals surface area (Å²) in [5, 5.41) is 0. The van der Waals surface area contributed by atoms with Crippen LogP contribution in [0.25, 0.3) is 0 Å². The highest BCUT2D eigenvalue weighted by atomic mass is 31.2. The van der Waals surface area contributed by atoms with Gasteiger partial charge in [0.1, 0.15) is 0 Å². The van der Waals surface area contributed by atoms with Crippen LogP contribution >= 0.6 is 7.82 Å². The van der Waals surface area contributed by atoms with Gasteiger partial charge in [0.15, 0.2) is 0 Å². The van der Waals surface area contributed by atoms with E-state index in [-0.39, 0.29) is 24.1 Å². The third-order valence-electron chi connectivity index (χ3n) is 20.5. The van der Waals surface area contributed by atoms with Crippen molar-refractivity contribution < 1.29 is 37.6 Å². The van der Waals surface area contributed by atoms with Crippen molar-refractivity contribution in [3.63, 3.8) is 0 Å². The monoisotopic (exact) mass is 1390 g/mol. The summed E-state index contributed by atoms with van der Waals surface area (Å²) in [5.41, 5.74) is 0. The van der Waals surface area contributed by atoms with Gasteiger partial charge in [-0.05, 0) is 77.0 Å². The molecule has 9 heteroatoms. The average molecular weight is 1390 g/mol. The number of phosphoric acid groups is 1. The predicted molar refractivity (Wildman–Crippen MR) is 424 cm³/mol.